The minimum atomic E-state index is -1.33. The van der Waals surface area contributed by atoms with Gasteiger partial charge in [0.15, 0.2) is 11.2 Å². The second-order valence-electron chi connectivity index (χ2n) is 7.57. The molecule has 0 radical (unpaired) electrons. The molecular weight excluding hydrogens is 406 g/mol. The maximum Gasteiger partial charge on any atom is 0.175 e. The van der Waals surface area contributed by atoms with Crippen LogP contribution in [0.3, 0.4) is 0 Å². The normalized spacial score (nSPS) is 25.1. The van der Waals surface area contributed by atoms with E-state index < -0.39 is 11.2 Å². The van der Waals surface area contributed by atoms with Gasteiger partial charge in [0.25, 0.3) is 0 Å². The van der Waals surface area contributed by atoms with Crippen molar-refractivity contribution in [3.8, 4) is 17.9 Å². The molecule has 1 fully saturated rings. The number of aromatic nitrogens is 1. The van der Waals surface area contributed by atoms with Crippen molar-refractivity contribution in [3.63, 3.8) is 0 Å². The van der Waals surface area contributed by atoms with Gasteiger partial charge in [-0.05, 0) is 42.4 Å². The maximum absolute atomic E-state index is 12.0. The molecule has 1 aliphatic carbocycles. The predicted octanol–water partition coefficient (Wildman–Crippen LogP) is 4.42. The molecule has 5 rings (SSSR count). The summed E-state index contributed by atoms with van der Waals surface area (Å²) in [5, 5.41) is 30.4. The summed E-state index contributed by atoms with van der Waals surface area (Å²) in [5.41, 5.74) is 0.862. The monoisotopic (exact) mass is 427 g/mol. The fraction of sp³-hybridized carbons (Fsp3) is 0.240. The molecule has 1 aliphatic heterocycles. The summed E-state index contributed by atoms with van der Waals surface area (Å²) in [5.74, 6) is 0.331. The van der Waals surface area contributed by atoms with E-state index in [1.807, 2.05) is 42.5 Å². The molecule has 31 heavy (non-hydrogen) atoms. The fourth-order valence-electron chi connectivity index (χ4n) is 4.93. The summed E-state index contributed by atoms with van der Waals surface area (Å²) in [6.45, 7) is 0. The highest BCUT2D eigenvalue weighted by molar-refractivity contribution is 7.79. The van der Waals surface area contributed by atoms with Crippen molar-refractivity contribution in [2.24, 2.45) is 0 Å². The van der Waals surface area contributed by atoms with Crippen LogP contribution in [0.5, 0.6) is 5.75 Å². The van der Waals surface area contributed by atoms with Crippen LogP contribution in [0, 0.1) is 22.7 Å². The van der Waals surface area contributed by atoms with Gasteiger partial charge in [0.1, 0.15) is 17.5 Å². The first-order valence-electron chi connectivity index (χ1n) is 9.95. The van der Waals surface area contributed by atoms with Gasteiger partial charge in [-0.25, -0.2) is 0 Å². The van der Waals surface area contributed by atoms with Crippen LogP contribution < -0.4 is 4.74 Å². The Hall–Kier alpha value is -3.32. The number of fused-ring (bicyclic) bond motifs is 3. The molecule has 1 aromatic heterocycles. The summed E-state index contributed by atoms with van der Waals surface area (Å²) < 4.78 is 6.54. The molecule has 2 aliphatic rings. The Kier molecular flexibility index (Phi) is 5.45. The standard InChI is InChI=1S/C24H17N3O2.CH4S/c25-13-16-6-8-19(9-7-16)24-20(18-4-2-1-3-5-18)10-11-23(24,28)22-21(29-24)12-17(14-26)15-27-22;1-2/h1-9,12,15,20,28H,10-11H2;2H,1H3. The van der Waals surface area contributed by atoms with E-state index in [1.165, 1.54) is 6.20 Å². The molecule has 0 amide bonds. The highest BCUT2D eigenvalue weighted by atomic mass is 32.1. The lowest BCUT2D eigenvalue weighted by Crippen LogP contribution is -2.48. The van der Waals surface area contributed by atoms with Gasteiger partial charge in [-0.15, -0.1) is 0 Å². The Bertz CT molecular complexity index is 1180. The first-order chi connectivity index (χ1) is 15.1. The highest BCUT2D eigenvalue weighted by Crippen LogP contribution is 2.66. The molecule has 154 valence electrons. The van der Waals surface area contributed by atoms with Crippen molar-refractivity contribution in [1.29, 1.82) is 10.5 Å². The SMILES string of the molecule is CS.N#Cc1ccc(C23Oc4cc(C#N)cnc4C2(O)CCC3c2ccccc2)cc1. The molecule has 3 atom stereocenters. The third kappa shape index (κ3) is 2.99. The molecule has 0 bridgehead atoms. The number of benzene rings is 2. The topological polar surface area (TPSA) is 89.9 Å². The minimum absolute atomic E-state index is 0.110. The van der Waals surface area contributed by atoms with E-state index in [0.717, 1.165) is 17.5 Å². The molecule has 2 heterocycles. The number of ether oxygens (including phenoxy) is 1. The van der Waals surface area contributed by atoms with Crippen LogP contribution in [0.2, 0.25) is 0 Å². The predicted molar refractivity (Wildman–Crippen MR) is 120 cm³/mol. The Balaban J connectivity index is 0.00000112. The van der Waals surface area contributed by atoms with Gasteiger partial charge in [0.2, 0.25) is 0 Å². The molecule has 1 saturated carbocycles. The first kappa shape index (κ1) is 20.9. The molecule has 3 aromatic rings. The van der Waals surface area contributed by atoms with E-state index in [4.69, 9.17) is 4.74 Å². The van der Waals surface area contributed by atoms with Gasteiger partial charge in [0.05, 0.1) is 17.2 Å². The van der Waals surface area contributed by atoms with E-state index in [1.54, 1.807) is 24.5 Å². The third-order valence-electron chi connectivity index (χ3n) is 6.19. The summed E-state index contributed by atoms with van der Waals surface area (Å²) >= 11 is 3.53. The molecule has 1 N–H and O–H groups in total. The number of pyridine rings is 1. The molecule has 0 saturated heterocycles. The second kappa shape index (κ2) is 8.07. The number of hydrogen-bond donors (Lipinski definition) is 2. The lowest BCUT2D eigenvalue weighted by molar-refractivity contribution is -0.107. The number of rotatable bonds is 2. The van der Waals surface area contributed by atoms with Gasteiger partial charge >= 0.3 is 0 Å². The van der Waals surface area contributed by atoms with Gasteiger partial charge in [-0.3, -0.25) is 4.98 Å². The van der Waals surface area contributed by atoms with Crippen molar-refractivity contribution < 1.29 is 9.84 Å². The number of aliphatic hydroxyl groups is 1. The molecule has 6 heteroatoms. The summed E-state index contributed by atoms with van der Waals surface area (Å²) in [6, 6.07) is 23.1. The van der Waals surface area contributed by atoms with Crippen molar-refractivity contribution in [1.82, 2.24) is 4.98 Å². The van der Waals surface area contributed by atoms with E-state index in [2.05, 4.69) is 29.8 Å². The van der Waals surface area contributed by atoms with Crippen LogP contribution in [0.1, 0.15) is 46.7 Å². The van der Waals surface area contributed by atoms with E-state index in [0.29, 0.717) is 29.0 Å². The average Bonchev–Trinajstić information content (AvgIpc) is 3.27. The smallest absolute Gasteiger partial charge is 0.175 e. The number of hydrogen-bond acceptors (Lipinski definition) is 6. The Labute approximate surface area is 187 Å². The first-order valence-corrected chi connectivity index (χ1v) is 10.8. The van der Waals surface area contributed by atoms with Crippen LogP contribution in [0.15, 0.2) is 66.9 Å². The van der Waals surface area contributed by atoms with Crippen molar-refractivity contribution in [3.05, 3.63) is 94.8 Å². The maximum atomic E-state index is 12.0. The van der Waals surface area contributed by atoms with Crippen LogP contribution in [0.4, 0.5) is 0 Å². The van der Waals surface area contributed by atoms with E-state index >= 15 is 0 Å². The number of nitrogens with zero attached hydrogens (tertiary/aromatic N) is 3. The van der Waals surface area contributed by atoms with Crippen molar-refractivity contribution in [2.45, 2.75) is 30.0 Å². The van der Waals surface area contributed by atoms with Gasteiger partial charge < -0.3 is 9.84 Å². The molecule has 0 spiro atoms. The zero-order chi connectivity index (χ0) is 22.1. The lowest BCUT2D eigenvalue weighted by Gasteiger charge is -2.39. The summed E-state index contributed by atoms with van der Waals surface area (Å²) in [4.78, 5) is 4.43. The minimum Gasteiger partial charge on any atom is -0.476 e. The van der Waals surface area contributed by atoms with E-state index in [9.17, 15) is 15.6 Å². The highest BCUT2D eigenvalue weighted by Gasteiger charge is 2.69. The third-order valence-corrected chi connectivity index (χ3v) is 6.19. The Morgan fingerprint density at radius 3 is 2.35 bits per heavy atom. The average molecular weight is 428 g/mol. The fourth-order valence-corrected chi connectivity index (χ4v) is 4.93. The second-order valence-corrected chi connectivity index (χ2v) is 7.57. The van der Waals surface area contributed by atoms with Gasteiger partial charge in [-0.1, -0.05) is 42.5 Å². The van der Waals surface area contributed by atoms with Crippen LogP contribution >= 0.6 is 12.6 Å². The lowest BCUT2D eigenvalue weighted by atomic mass is 9.72. The molecule has 5 nitrogen and oxygen atoms in total. The number of thiol groups is 1. The van der Waals surface area contributed by atoms with Gasteiger partial charge in [-0.2, -0.15) is 23.2 Å². The number of nitriles is 2. The summed E-state index contributed by atoms with van der Waals surface area (Å²) in [6.07, 6.45) is 4.38. The van der Waals surface area contributed by atoms with Crippen LogP contribution in [-0.2, 0) is 11.2 Å². The molecular formula is C25H21N3O2S. The van der Waals surface area contributed by atoms with E-state index in [-0.39, 0.29) is 5.92 Å². The largest absolute Gasteiger partial charge is 0.476 e. The zero-order valence-corrected chi connectivity index (χ0v) is 17.9. The molecule has 3 unspecified atom stereocenters. The van der Waals surface area contributed by atoms with Crippen LogP contribution in [0.25, 0.3) is 0 Å². The van der Waals surface area contributed by atoms with Crippen molar-refractivity contribution in [2.75, 3.05) is 6.26 Å². The van der Waals surface area contributed by atoms with Gasteiger partial charge in [0, 0.05) is 18.2 Å². The van der Waals surface area contributed by atoms with Crippen LogP contribution in [-0.4, -0.2) is 16.3 Å². The zero-order valence-electron chi connectivity index (χ0n) is 17.0. The van der Waals surface area contributed by atoms with Crippen molar-refractivity contribution >= 4 is 12.6 Å². The summed E-state index contributed by atoms with van der Waals surface area (Å²) in [7, 11) is 0. The Morgan fingerprint density at radius 1 is 1.03 bits per heavy atom. The quantitative estimate of drug-likeness (QED) is 0.591. The Morgan fingerprint density at radius 2 is 1.71 bits per heavy atom. The molecule has 2 aromatic carbocycles.